The lowest BCUT2D eigenvalue weighted by molar-refractivity contribution is 0.415. The highest BCUT2D eigenvalue weighted by Gasteiger charge is 2.04. The second-order valence-corrected chi connectivity index (χ2v) is 4.33. The Bertz CT molecular complexity index is 564. The predicted molar refractivity (Wildman–Crippen MR) is 76.6 cm³/mol. The number of hydrogen-bond donors (Lipinski definition) is 2. The summed E-state index contributed by atoms with van der Waals surface area (Å²) in [5.74, 6) is 0.763. The Balaban J connectivity index is 2.31. The SMILES string of the molecule is COc1ccc(Nc2cccc(C)c2C)c(N)c1. The highest BCUT2D eigenvalue weighted by molar-refractivity contribution is 5.75. The standard InChI is InChI=1S/C15H18N2O/c1-10-5-4-6-14(11(10)2)17-15-8-7-12(18-3)9-13(15)16/h4-9,17H,16H2,1-3H3. The van der Waals surface area contributed by atoms with Crippen molar-refractivity contribution >= 4 is 17.1 Å². The molecule has 0 spiro atoms. The minimum Gasteiger partial charge on any atom is -0.497 e. The maximum Gasteiger partial charge on any atom is 0.121 e. The molecule has 0 aromatic heterocycles. The van der Waals surface area contributed by atoms with E-state index in [9.17, 15) is 0 Å². The van der Waals surface area contributed by atoms with Crippen LogP contribution in [0.15, 0.2) is 36.4 Å². The summed E-state index contributed by atoms with van der Waals surface area (Å²) in [6, 6.07) is 11.8. The van der Waals surface area contributed by atoms with Gasteiger partial charge in [-0.25, -0.2) is 0 Å². The summed E-state index contributed by atoms with van der Waals surface area (Å²) in [4.78, 5) is 0. The monoisotopic (exact) mass is 242 g/mol. The van der Waals surface area contributed by atoms with Gasteiger partial charge in [0.25, 0.3) is 0 Å². The Morgan fingerprint density at radius 3 is 2.50 bits per heavy atom. The van der Waals surface area contributed by atoms with Crippen LogP contribution in [-0.2, 0) is 0 Å². The van der Waals surface area contributed by atoms with Crippen LogP contribution >= 0.6 is 0 Å². The van der Waals surface area contributed by atoms with Crippen molar-refractivity contribution < 1.29 is 4.74 Å². The van der Waals surface area contributed by atoms with Gasteiger partial charge in [0.1, 0.15) is 5.75 Å². The van der Waals surface area contributed by atoms with Crippen LogP contribution in [0.3, 0.4) is 0 Å². The zero-order valence-corrected chi connectivity index (χ0v) is 10.9. The molecular weight excluding hydrogens is 224 g/mol. The molecule has 0 heterocycles. The number of methoxy groups -OCH3 is 1. The first-order chi connectivity index (χ1) is 8.61. The molecule has 2 aromatic carbocycles. The topological polar surface area (TPSA) is 47.3 Å². The van der Waals surface area contributed by atoms with Crippen molar-refractivity contribution in [2.75, 3.05) is 18.2 Å². The van der Waals surface area contributed by atoms with Crippen LogP contribution in [0.2, 0.25) is 0 Å². The molecule has 18 heavy (non-hydrogen) atoms. The van der Waals surface area contributed by atoms with E-state index in [1.807, 2.05) is 30.3 Å². The second-order valence-electron chi connectivity index (χ2n) is 4.33. The molecule has 2 rings (SSSR count). The summed E-state index contributed by atoms with van der Waals surface area (Å²) >= 11 is 0. The lowest BCUT2D eigenvalue weighted by Gasteiger charge is -2.14. The van der Waals surface area contributed by atoms with E-state index in [4.69, 9.17) is 10.5 Å². The Labute approximate surface area is 108 Å². The molecule has 2 aromatic rings. The fourth-order valence-corrected chi connectivity index (χ4v) is 1.81. The molecule has 0 unspecified atom stereocenters. The fourth-order valence-electron chi connectivity index (χ4n) is 1.81. The molecule has 0 bridgehead atoms. The molecule has 0 radical (unpaired) electrons. The molecule has 0 aliphatic heterocycles. The summed E-state index contributed by atoms with van der Waals surface area (Å²) in [6.45, 7) is 4.19. The Morgan fingerprint density at radius 2 is 1.83 bits per heavy atom. The number of hydrogen-bond acceptors (Lipinski definition) is 3. The van der Waals surface area contributed by atoms with E-state index in [1.54, 1.807) is 7.11 Å². The van der Waals surface area contributed by atoms with Gasteiger partial charge < -0.3 is 15.8 Å². The van der Waals surface area contributed by atoms with E-state index in [0.29, 0.717) is 5.69 Å². The smallest absolute Gasteiger partial charge is 0.121 e. The van der Waals surface area contributed by atoms with Gasteiger partial charge in [-0.2, -0.15) is 0 Å². The summed E-state index contributed by atoms with van der Waals surface area (Å²) in [5.41, 5.74) is 11.1. The third-order valence-corrected chi connectivity index (χ3v) is 3.13. The number of aryl methyl sites for hydroxylation is 1. The molecule has 0 amide bonds. The number of benzene rings is 2. The lowest BCUT2D eigenvalue weighted by atomic mass is 10.1. The van der Waals surface area contributed by atoms with Gasteiger partial charge in [0, 0.05) is 11.8 Å². The second kappa shape index (κ2) is 5.00. The Hall–Kier alpha value is -2.16. The summed E-state index contributed by atoms with van der Waals surface area (Å²) in [7, 11) is 1.63. The van der Waals surface area contributed by atoms with Gasteiger partial charge >= 0.3 is 0 Å². The highest BCUT2D eigenvalue weighted by Crippen LogP contribution is 2.29. The molecule has 3 heteroatoms. The van der Waals surface area contributed by atoms with Crippen LogP contribution in [0, 0.1) is 13.8 Å². The van der Waals surface area contributed by atoms with Gasteiger partial charge in [0.2, 0.25) is 0 Å². The molecule has 0 aliphatic carbocycles. The van der Waals surface area contributed by atoms with E-state index in [2.05, 4.69) is 25.2 Å². The normalized spacial score (nSPS) is 10.2. The summed E-state index contributed by atoms with van der Waals surface area (Å²) < 4.78 is 5.14. The van der Waals surface area contributed by atoms with Crippen LogP contribution in [-0.4, -0.2) is 7.11 Å². The van der Waals surface area contributed by atoms with Crippen LogP contribution in [0.25, 0.3) is 0 Å². The summed E-state index contributed by atoms with van der Waals surface area (Å²) in [6.07, 6.45) is 0. The van der Waals surface area contributed by atoms with Gasteiger partial charge in [-0.1, -0.05) is 12.1 Å². The van der Waals surface area contributed by atoms with Gasteiger partial charge in [-0.05, 0) is 43.2 Å². The van der Waals surface area contributed by atoms with E-state index in [-0.39, 0.29) is 0 Å². The van der Waals surface area contributed by atoms with Crippen molar-refractivity contribution in [1.82, 2.24) is 0 Å². The molecule has 0 saturated carbocycles. The molecule has 0 aliphatic rings. The largest absolute Gasteiger partial charge is 0.497 e. The van der Waals surface area contributed by atoms with Crippen molar-refractivity contribution in [1.29, 1.82) is 0 Å². The van der Waals surface area contributed by atoms with E-state index < -0.39 is 0 Å². The number of nitrogen functional groups attached to an aromatic ring is 1. The highest BCUT2D eigenvalue weighted by atomic mass is 16.5. The third kappa shape index (κ3) is 2.40. The van der Waals surface area contributed by atoms with Gasteiger partial charge in [-0.3, -0.25) is 0 Å². The molecular formula is C15H18N2O. The van der Waals surface area contributed by atoms with Crippen LogP contribution in [0.1, 0.15) is 11.1 Å². The Morgan fingerprint density at radius 1 is 1.06 bits per heavy atom. The Kier molecular flexibility index (Phi) is 3.42. The van der Waals surface area contributed by atoms with E-state index >= 15 is 0 Å². The number of rotatable bonds is 3. The number of nitrogens with two attached hydrogens (primary N) is 1. The van der Waals surface area contributed by atoms with Crippen LogP contribution < -0.4 is 15.8 Å². The molecule has 0 atom stereocenters. The quantitative estimate of drug-likeness (QED) is 0.808. The zero-order valence-electron chi connectivity index (χ0n) is 10.9. The number of anilines is 3. The van der Waals surface area contributed by atoms with Gasteiger partial charge in [-0.15, -0.1) is 0 Å². The molecule has 94 valence electrons. The van der Waals surface area contributed by atoms with Gasteiger partial charge in [0.15, 0.2) is 0 Å². The molecule has 3 nitrogen and oxygen atoms in total. The maximum atomic E-state index is 5.99. The van der Waals surface area contributed by atoms with Crippen LogP contribution in [0.5, 0.6) is 5.75 Å². The van der Waals surface area contributed by atoms with Crippen LogP contribution in [0.4, 0.5) is 17.1 Å². The predicted octanol–water partition coefficient (Wildman–Crippen LogP) is 3.64. The van der Waals surface area contributed by atoms with E-state index in [0.717, 1.165) is 17.1 Å². The molecule has 3 N–H and O–H groups in total. The first-order valence-electron chi connectivity index (χ1n) is 5.88. The first-order valence-corrected chi connectivity index (χ1v) is 5.88. The average molecular weight is 242 g/mol. The van der Waals surface area contributed by atoms with Crippen molar-refractivity contribution in [2.24, 2.45) is 0 Å². The van der Waals surface area contributed by atoms with Gasteiger partial charge in [0.05, 0.1) is 18.5 Å². The minimum atomic E-state index is 0.676. The third-order valence-electron chi connectivity index (χ3n) is 3.13. The number of nitrogens with one attached hydrogen (secondary N) is 1. The fraction of sp³-hybridized carbons (Fsp3) is 0.200. The minimum absolute atomic E-state index is 0.676. The van der Waals surface area contributed by atoms with E-state index in [1.165, 1.54) is 11.1 Å². The number of ether oxygens (including phenoxy) is 1. The molecule has 0 saturated heterocycles. The van der Waals surface area contributed by atoms with Crippen molar-refractivity contribution in [3.63, 3.8) is 0 Å². The lowest BCUT2D eigenvalue weighted by Crippen LogP contribution is -1.99. The van der Waals surface area contributed by atoms with Crippen molar-refractivity contribution in [2.45, 2.75) is 13.8 Å². The average Bonchev–Trinajstić information content (AvgIpc) is 2.37. The van der Waals surface area contributed by atoms with Crippen molar-refractivity contribution in [3.05, 3.63) is 47.5 Å². The maximum absolute atomic E-state index is 5.99. The zero-order chi connectivity index (χ0) is 13.1. The van der Waals surface area contributed by atoms with Crippen molar-refractivity contribution in [3.8, 4) is 5.75 Å². The first kappa shape index (κ1) is 12.3. The summed E-state index contributed by atoms with van der Waals surface area (Å²) in [5, 5.41) is 3.35. The molecule has 0 fully saturated rings.